The van der Waals surface area contributed by atoms with Crippen molar-refractivity contribution in [2.75, 3.05) is 5.32 Å². The molecule has 1 unspecified atom stereocenters. The first-order valence-corrected chi connectivity index (χ1v) is 14.1. The summed E-state index contributed by atoms with van der Waals surface area (Å²) < 4.78 is 15.9. The van der Waals surface area contributed by atoms with Gasteiger partial charge < -0.3 is 15.0 Å². The monoisotopic (exact) mass is 535 g/mol. The molecule has 9 nitrogen and oxygen atoms in total. The summed E-state index contributed by atoms with van der Waals surface area (Å²) in [6, 6.07) is 6.65. The van der Waals surface area contributed by atoms with Crippen LogP contribution in [0.4, 0.5) is 15.0 Å². The maximum absolute atomic E-state index is 13.7. The number of rotatable bonds is 8. The molecule has 208 valence electrons. The Hall–Kier alpha value is -3.56. The zero-order valence-electron chi connectivity index (χ0n) is 22.9. The van der Waals surface area contributed by atoms with E-state index in [4.69, 9.17) is 10.4 Å². The van der Waals surface area contributed by atoms with Gasteiger partial charge in [0.2, 0.25) is 0 Å². The van der Waals surface area contributed by atoms with Crippen LogP contribution >= 0.6 is 0 Å². The van der Waals surface area contributed by atoms with Crippen LogP contribution < -0.4 is 10.6 Å². The number of benzene rings is 1. The topological polar surface area (TPSA) is 129 Å². The number of hydrogen-bond acceptors (Lipinski definition) is 6. The molecule has 2 aliphatic carbocycles. The minimum absolute atomic E-state index is 0.0228. The van der Waals surface area contributed by atoms with E-state index in [0.29, 0.717) is 23.3 Å². The van der Waals surface area contributed by atoms with Gasteiger partial charge in [-0.1, -0.05) is 45.2 Å². The van der Waals surface area contributed by atoms with Crippen LogP contribution in [0.2, 0.25) is 0 Å². The number of halogens is 1. The number of aromatic nitrogens is 4. The Balaban J connectivity index is 1.63. The molecule has 0 bridgehead atoms. The van der Waals surface area contributed by atoms with E-state index in [9.17, 15) is 14.3 Å². The summed E-state index contributed by atoms with van der Waals surface area (Å²) >= 11 is 0. The van der Waals surface area contributed by atoms with Crippen LogP contribution in [0.3, 0.4) is 0 Å². The average Bonchev–Trinajstić information content (AvgIpc) is 3.22. The predicted octanol–water partition coefficient (Wildman–Crippen LogP) is 6.14. The van der Waals surface area contributed by atoms with Crippen LogP contribution in [0.25, 0.3) is 11.2 Å². The highest BCUT2D eigenvalue weighted by molar-refractivity contribution is 6.03. The molecule has 10 heteroatoms. The molecule has 1 amide bonds. The Morgan fingerprint density at radius 3 is 2.41 bits per heavy atom. The minimum atomic E-state index is -1.34. The maximum atomic E-state index is 13.7. The van der Waals surface area contributed by atoms with Crippen LogP contribution in [-0.2, 0) is 6.54 Å². The summed E-state index contributed by atoms with van der Waals surface area (Å²) in [4.78, 5) is 25.4. The molecule has 5 rings (SSSR count). The van der Waals surface area contributed by atoms with Gasteiger partial charge in [-0.15, -0.1) is 0 Å². The lowest BCUT2D eigenvalue weighted by Crippen LogP contribution is -2.33. The van der Waals surface area contributed by atoms with Gasteiger partial charge >= 0.3 is 6.09 Å². The lowest BCUT2D eigenvalue weighted by molar-refractivity contribution is 0.200. The number of anilines is 1. The number of imidazole rings is 1. The van der Waals surface area contributed by atoms with Crippen molar-refractivity contribution in [3.8, 4) is 0 Å². The van der Waals surface area contributed by atoms with E-state index in [-0.39, 0.29) is 23.6 Å². The molecule has 2 fully saturated rings. The zero-order valence-corrected chi connectivity index (χ0v) is 22.9. The fraction of sp³-hybridized carbons (Fsp3) is 0.552. The predicted molar refractivity (Wildman–Crippen MR) is 149 cm³/mol. The van der Waals surface area contributed by atoms with Gasteiger partial charge in [0, 0.05) is 18.5 Å². The number of fused-ring (bicyclic) bond motifs is 1. The van der Waals surface area contributed by atoms with Crippen molar-refractivity contribution in [1.82, 2.24) is 24.8 Å². The van der Waals surface area contributed by atoms with Gasteiger partial charge in [0.1, 0.15) is 17.2 Å². The SMILES string of the molecule is CC1CCC(Cn2c(C(C)c3ccc(F)cc3)nc3nc(C(=N)NC(=O)O)nc(N[C@H](C)C4CCC4)c32)CC1. The van der Waals surface area contributed by atoms with E-state index < -0.39 is 11.9 Å². The van der Waals surface area contributed by atoms with Crippen molar-refractivity contribution in [2.45, 2.75) is 84.2 Å². The first kappa shape index (κ1) is 27.0. The number of hydrogen-bond donors (Lipinski definition) is 4. The number of nitrogens with one attached hydrogen (secondary N) is 3. The third-order valence-electron chi connectivity index (χ3n) is 8.64. The molecule has 1 aromatic carbocycles. The van der Waals surface area contributed by atoms with Crippen LogP contribution in [0.15, 0.2) is 24.3 Å². The van der Waals surface area contributed by atoms with Crippen molar-refractivity contribution in [3.63, 3.8) is 0 Å². The summed E-state index contributed by atoms with van der Waals surface area (Å²) in [6.07, 6.45) is 6.84. The molecule has 0 spiro atoms. The maximum Gasteiger partial charge on any atom is 0.410 e. The van der Waals surface area contributed by atoms with Crippen molar-refractivity contribution in [3.05, 3.63) is 47.3 Å². The fourth-order valence-electron chi connectivity index (χ4n) is 5.89. The molecule has 2 heterocycles. The second-order valence-electron chi connectivity index (χ2n) is 11.5. The van der Waals surface area contributed by atoms with Crippen LogP contribution in [0.1, 0.15) is 88.8 Å². The summed E-state index contributed by atoms with van der Waals surface area (Å²) in [5, 5.41) is 23.1. The summed E-state index contributed by atoms with van der Waals surface area (Å²) in [5.74, 6) is 2.28. The number of nitrogens with zero attached hydrogens (tertiary/aromatic N) is 4. The van der Waals surface area contributed by atoms with Crippen LogP contribution in [-0.4, -0.2) is 42.6 Å². The smallest absolute Gasteiger partial charge is 0.410 e. The van der Waals surface area contributed by atoms with E-state index in [1.54, 1.807) is 12.1 Å². The molecule has 0 radical (unpaired) electrons. The van der Waals surface area contributed by atoms with Crippen molar-refractivity contribution in [1.29, 1.82) is 5.41 Å². The standard InChI is InChI=1S/C29H38FN7O2/c1-16-7-9-19(10-8-16)15-37-23-25(32-18(3)21-5-4-6-21)34-27(24(31)33-29(38)39)35-26(23)36-28(37)17(2)20-11-13-22(30)14-12-20/h11-14,16-19,21H,4-10,15H2,1-3H3,(H2,31,33)(H,38,39)(H,32,34,35)/t16?,17?,18-,19?/m1/s1. The first-order valence-electron chi connectivity index (χ1n) is 14.1. The third kappa shape index (κ3) is 5.89. The normalized spacial score (nSPS) is 21.2. The highest BCUT2D eigenvalue weighted by Crippen LogP contribution is 2.36. The van der Waals surface area contributed by atoms with Gasteiger partial charge in [0.25, 0.3) is 0 Å². The van der Waals surface area contributed by atoms with Crippen LogP contribution in [0, 0.1) is 29.0 Å². The Kier molecular flexibility index (Phi) is 7.81. The number of carbonyl (C=O) groups is 1. The van der Waals surface area contributed by atoms with Gasteiger partial charge in [-0.25, -0.2) is 24.1 Å². The van der Waals surface area contributed by atoms with Gasteiger partial charge in [-0.3, -0.25) is 10.7 Å². The number of amides is 1. The van der Waals surface area contributed by atoms with Crippen molar-refractivity contribution < 1.29 is 14.3 Å². The van der Waals surface area contributed by atoms with Gasteiger partial charge in [-0.05, 0) is 68.1 Å². The zero-order chi connectivity index (χ0) is 27.7. The molecular weight excluding hydrogens is 497 g/mol. The Labute approximate surface area is 228 Å². The summed E-state index contributed by atoms with van der Waals surface area (Å²) in [6.45, 7) is 7.28. The van der Waals surface area contributed by atoms with E-state index in [0.717, 1.165) is 55.1 Å². The van der Waals surface area contributed by atoms with E-state index >= 15 is 0 Å². The Bertz CT molecular complexity index is 1340. The lowest BCUT2D eigenvalue weighted by Gasteiger charge is -2.32. The molecule has 2 aliphatic rings. The lowest BCUT2D eigenvalue weighted by atomic mass is 9.80. The highest BCUT2D eigenvalue weighted by atomic mass is 19.1. The number of carboxylic acid groups (broad SMARTS) is 1. The minimum Gasteiger partial charge on any atom is -0.465 e. The van der Waals surface area contributed by atoms with E-state index in [1.165, 1.54) is 31.4 Å². The van der Waals surface area contributed by atoms with Crippen LogP contribution in [0.5, 0.6) is 0 Å². The highest BCUT2D eigenvalue weighted by Gasteiger charge is 2.29. The Morgan fingerprint density at radius 1 is 1.10 bits per heavy atom. The second kappa shape index (κ2) is 11.3. The first-order chi connectivity index (χ1) is 18.7. The van der Waals surface area contributed by atoms with Gasteiger partial charge in [-0.2, -0.15) is 0 Å². The average molecular weight is 536 g/mol. The molecular formula is C29H38FN7O2. The van der Waals surface area contributed by atoms with Gasteiger partial charge in [0.05, 0.1) is 0 Å². The van der Waals surface area contributed by atoms with Crippen molar-refractivity contribution in [2.24, 2.45) is 17.8 Å². The molecule has 2 aromatic heterocycles. The second-order valence-corrected chi connectivity index (χ2v) is 11.5. The largest absolute Gasteiger partial charge is 0.465 e. The molecule has 0 saturated heterocycles. The molecule has 0 aliphatic heterocycles. The molecule has 2 atom stereocenters. The van der Waals surface area contributed by atoms with E-state index in [1.807, 2.05) is 0 Å². The Morgan fingerprint density at radius 2 is 1.79 bits per heavy atom. The quantitative estimate of drug-likeness (QED) is 0.203. The third-order valence-corrected chi connectivity index (χ3v) is 8.64. The van der Waals surface area contributed by atoms with E-state index in [2.05, 4.69) is 45.9 Å². The molecule has 2 saturated carbocycles. The van der Waals surface area contributed by atoms with Gasteiger partial charge in [0.15, 0.2) is 23.1 Å². The van der Waals surface area contributed by atoms with Crippen molar-refractivity contribution >= 4 is 28.9 Å². The molecule has 4 N–H and O–H groups in total. The molecule has 3 aromatic rings. The molecule has 39 heavy (non-hydrogen) atoms. The summed E-state index contributed by atoms with van der Waals surface area (Å²) in [5.41, 5.74) is 2.14. The summed E-state index contributed by atoms with van der Waals surface area (Å²) in [7, 11) is 0. The number of amidine groups is 1. The fourth-order valence-corrected chi connectivity index (χ4v) is 5.89.